The maximum absolute atomic E-state index is 13.4. The lowest BCUT2D eigenvalue weighted by Gasteiger charge is -2.12. The maximum Gasteiger partial charge on any atom is 0.419 e. The van der Waals surface area contributed by atoms with E-state index in [0.29, 0.717) is 12.1 Å². The molecule has 10 heteroatoms. The Morgan fingerprint density at radius 3 is 2.37 bits per heavy atom. The molecule has 0 radical (unpaired) electrons. The molecule has 0 fully saturated rings. The van der Waals surface area contributed by atoms with Crippen LogP contribution in [0.4, 0.5) is 23.2 Å². The SMILES string of the molecule is Cc1ccc(-n2c(=O)[nH]cc(C(=O)Nc3ccc(F)c(C(F)(F)F)c3)c2=O)cc1C. The zero-order chi connectivity index (χ0) is 22.2. The summed E-state index contributed by atoms with van der Waals surface area (Å²) < 4.78 is 52.7. The molecule has 0 aliphatic heterocycles. The van der Waals surface area contributed by atoms with Crippen LogP contribution < -0.4 is 16.6 Å². The van der Waals surface area contributed by atoms with Crippen molar-refractivity contribution in [3.63, 3.8) is 0 Å². The number of rotatable bonds is 3. The molecule has 2 aromatic carbocycles. The van der Waals surface area contributed by atoms with Crippen LogP contribution in [0.5, 0.6) is 0 Å². The van der Waals surface area contributed by atoms with Crippen molar-refractivity contribution in [1.29, 1.82) is 0 Å². The van der Waals surface area contributed by atoms with E-state index < -0.39 is 40.3 Å². The van der Waals surface area contributed by atoms with Gasteiger partial charge in [0.25, 0.3) is 11.5 Å². The fourth-order valence-electron chi connectivity index (χ4n) is 2.75. The van der Waals surface area contributed by atoms with Gasteiger partial charge in [0, 0.05) is 11.9 Å². The second-order valence-corrected chi connectivity index (χ2v) is 6.56. The normalized spacial score (nSPS) is 11.4. The van der Waals surface area contributed by atoms with Gasteiger partial charge in [0.05, 0.1) is 11.3 Å². The van der Waals surface area contributed by atoms with Crippen LogP contribution in [0.15, 0.2) is 52.2 Å². The molecule has 156 valence electrons. The summed E-state index contributed by atoms with van der Waals surface area (Å²) in [5, 5.41) is 2.12. The van der Waals surface area contributed by atoms with Crippen molar-refractivity contribution in [2.45, 2.75) is 20.0 Å². The number of benzene rings is 2. The van der Waals surface area contributed by atoms with Gasteiger partial charge in [0.2, 0.25) is 0 Å². The number of alkyl halides is 3. The molecule has 2 N–H and O–H groups in total. The number of hydrogen-bond acceptors (Lipinski definition) is 3. The van der Waals surface area contributed by atoms with Gasteiger partial charge in [0.15, 0.2) is 0 Å². The van der Waals surface area contributed by atoms with Gasteiger partial charge < -0.3 is 10.3 Å². The molecule has 0 aliphatic rings. The minimum atomic E-state index is -4.96. The molecule has 3 rings (SSSR count). The van der Waals surface area contributed by atoms with Gasteiger partial charge in [-0.25, -0.2) is 13.8 Å². The number of nitrogens with one attached hydrogen (secondary N) is 2. The highest BCUT2D eigenvalue weighted by atomic mass is 19.4. The van der Waals surface area contributed by atoms with Crippen LogP contribution in [-0.4, -0.2) is 15.5 Å². The molecule has 1 amide bonds. The zero-order valence-corrected chi connectivity index (χ0v) is 15.7. The van der Waals surface area contributed by atoms with Crippen molar-refractivity contribution in [3.05, 3.63) is 91.5 Å². The number of H-pyrrole nitrogens is 1. The highest BCUT2D eigenvalue weighted by molar-refractivity contribution is 6.03. The minimum Gasteiger partial charge on any atom is -0.322 e. The van der Waals surface area contributed by atoms with Crippen molar-refractivity contribution in [2.75, 3.05) is 5.32 Å². The molecule has 0 bridgehead atoms. The van der Waals surface area contributed by atoms with E-state index in [-0.39, 0.29) is 11.4 Å². The highest BCUT2D eigenvalue weighted by Gasteiger charge is 2.34. The molecular weight excluding hydrogens is 406 g/mol. The first-order valence-electron chi connectivity index (χ1n) is 8.59. The summed E-state index contributed by atoms with van der Waals surface area (Å²) in [4.78, 5) is 39.6. The zero-order valence-electron chi connectivity index (χ0n) is 15.7. The summed E-state index contributed by atoms with van der Waals surface area (Å²) in [5.74, 6) is -2.56. The van der Waals surface area contributed by atoms with E-state index in [1.807, 2.05) is 6.92 Å². The van der Waals surface area contributed by atoms with E-state index in [9.17, 15) is 31.9 Å². The average Bonchev–Trinajstić information content (AvgIpc) is 2.65. The molecule has 0 atom stereocenters. The highest BCUT2D eigenvalue weighted by Crippen LogP contribution is 2.33. The Morgan fingerprint density at radius 1 is 1.03 bits per heavy atom. The Kier molecular flexibility index (Phi) is 5.34. The van der Waals surface area contributed by atoms with Crippen LogP contribution in [0.3, 0.4) is 0 Å². The van der Waals surface area contributed by atoms with Gasteiger partial charge in [-0.15, -0.1) is 0 Å². The monoisotopic (exact) mass is 421 g/mol. The standard InChI is InChI=1S/C20H15F4N3O3/c1-10-3-5-13(7-11(10)2)27-18(29)14(9-25-19(27)30)17(28)26-12-4-6-16(21)15(8-12)20(22,23)24/h3-9H,1-2H3,(H,25,30)(H,26,28). The van der Waals surface area contributed by atoms with Crippen molar-refractivity contribution in [3.8, 4) is 5.69 Å². The number of amides is 1. The summed E-state index contributed by atoms with van der Waals surface area (Å²) >= 11 is 0. The number of anilines is 1. The topological polar surface area (TPSA) is 84.0 Å². The first-order chi connectivity index (χ1) is 14.0. The fourth-order valence-corrected chi connectivity index (χ4v) is 2.75. The Hall–Kier alpha value is -3.69. The predicted molar refractivity (Wildman–Crippen MR) is 101 cm³/mol. The second-order valence-electron chi connectivity index (χ2n) is 6.56. The third-order valence-electron chi connectivity index (χ3n) is 4.50. The molecule has 0 spiro atoms. The van der Waals surface area contributed by atoms with Gasteiger partial charge in [-0.2, -0.15) is 13.2 Å². The minimum absolute atomic E-state index is 0.222. The van der Waals surface area contributed by atoms with Crippen molar-refractivity contribution < 1.29 is 22.4 Å². The first-order valence-corrected chi connectivity index (χ1v) is 8.59. The lowest BCUT2D eigenvalue weighted by atomic mass is 10.1. The maximum atomic E-state index is 13.4. The largest absolute Gasteiger partial charge is 0.419 e. The molecule has 1 aromatic heterocycles. The van der Waals surface area contributed by atoms with Gasteiger partial charge >= 0.3 is 11.9 Å². The van der Waals surface area contributed by atoms with Crippen LogP contribution >= 0.6 is 0 Å². The lowest BCUT2D eigenvalue weighted by Crippen LogP contribution is -2.38. The fraction of sp³-hybridized carbons (Fsp3) is 0.150. The van der Waals surface area contributed by atoms with Crippen LogP contribution in [-0.2, 0) is 6.18 Å². The third kappa shape index (κ3) is 4.02. The van der Waals surface area contributed by atoms with Crippen LogP contribution in [0, 0.1) is 19.7 Å². The van der Waals surface area contributed by atoms with E-state index in [0.717, 1.165) is 28.0 Å². The van der Waals surface area contributed by atoms with E-state index in [1.165, 1.54) is 6.07 Å². The molecular formula is C20H15F4N3O3. The molecule has 0 unspecified atom stereocenters. The molecule has 1 heterocycles. The molecule has 0 saturated heterocycles. The number of aryl methyl sites for hydroxylation is 2. The average molecular weight is 421 g/mol. The van der Waals surface area contributed by atoms with E-state index in [2.05, 4.69) is 10.3 Å². The molecule has 3 aromatic rings. The van der Waals surface area contributed by atoms with Gasteiger partial charge in [-0.05, 0) is 55.3 Å². The first kappa shape index (κ1) is 21.0. The Balaban J connectivity index is 2.01. The number of aromatic amines is 1. The van der Waals surface area contributed by atoms with Crippen molar-refractivity contribution >= 4 is 11.6 Å². The summed E-state index contributed by atoms with van der Waals surface area (Å²) in [7, 11) is 0. The Labute approximate surface area is 166 Å². The Morgan fingerprint density at radius 2 is 1.73 bits per heavy atom. The molecule has 0 aliphatic carbocycles. The van der Waals surface area contributed by atoms with Gasteiger partial charge in [0.1, 0.15) is 11.4 Å². The van der Waals surface area contributed by atoms with Gasteiger partial charge in [-0.1, -0.05) is 6.07 Å². The smallest absolute Gasteiger partial charge is 0.322 e. The number of hydrogen-bond donors (Lipinski definition) is 2. The van der Waals surface area contributed by atoms with Crippen molar-refractivity contribution in [1.82, 2.24) is 9.55 Å². The van der Waals surface area contributed by atoms with Gasteiger partial charge in [-0.3, -0.25) is 9.59 Å². The number of aromatic nitrogens is 2. The van der Waals surface area contributed by atoms with Crippen LogP contribution in [0.2, 0.25) is 0 Å². The summed E-state index contributed by atoms with van der Waals surface area (Å²) in [5.41, 5.74) is -2.23. The lowest BCUT2D eigenvalue weighted by molar-refractivity contribution is -0.139. The number of halogens is 4. The number of carbonyl (C=O) groups is 1. The second kappa shape index (κ2) is 7.62. The number of nitrogens with zero attached hydrogens (tertiary/aromatic N) is 1. The quantitative estimate of drug-likeness (QED) is 0.635. The summed E-state index contributed by atoms with van der Waals surface area (Å²) in [6.07, 6.45) is -4.09. The van der Waals surface area contributed by atoms with E-state index in [4.69, 9.17) is 0 Å². The summed E-state index contributed by atoms with van der Waals surface area (Å²) in [6, 6.07) is 6.70. The predicted octanol–water partition coefficient (Wildman–Crippen LogP) is 3.55. The van der Waals surface area contributed by atoms with E-state index in [1.54, 1.807) is 19.1 Å². The van der Waals surface area contributed by atoms with Crippen LogP contribution in [0.25, 0.3) is 5.69 Å². The summed E-state index contributed by atoms with van der Waals surface area (Å²) in [6.45, 7) is 3.62. The third-order valence-corrected chi connectivity index (χ3v) is 4.50. The Bertz CT molecular complexity index is 1260. The van der Waals surface area contributed by atoms with Crippen LogP contribution in [0.1, 0.15) is 27.0 Å². The molecule has 0 saturated carbocycles. The van der Waals surface area contributed by atoms with E-state index >= 15 is 0 Å². The molecule has 30 heavy (non-hydrogen) atoms. The molecule has 6 nitrogen and oxygen atoms in total. The number of carbonyl (C=O) groups excluding carboxylic acids is 1. The van der Waals surface area contributed by atoms with Crippen molar-refractivity contribution in [2.24, 2.45) is 0 Å².